The third kappa shape index (κ3) is 5.58. The first-order chi connectivity index (χ1) is 13.7. The van der Waals surface area contributed by atoms with E-state index in [1.165, 1.54) is 11.3 Å². The van der Waals surface area contributed by atoms with Crippen LogP contribution in [0, 0.1) is 10.8 Å². The highest BCUT2D eigenvalue weighted by Crippen LogP contribution is 2.46. The molecule has 3 unspecified atom stereocenters. The lowest BCUT2D eigenvalue weighted by atomic mass is 9.62. The van der Waals surface area contributed by atoms with Gasteiger partial charge in [0.05, 0.1) is 19.6 Å². The Morgan fingerprint density at radius 1 is 1.41 bits per heavy atom. The molecule has 1 aromatic heterocycles. The standard InChI is InChI=1S/C20H28N4O4S/c1-19(2)7-14(8-20(3,11-19)12-21-13-25)23-17(26)22-9-15-10-24(18(27)28-15)16-5-4-6-29-16/h4-6,14-15H,7-12H2,1-3H3,(H2,22,23,26). The summed E-state index contributed by atoms with van der Waals surface area (Å²) >= 11 is 1.47. The van der Waals surface area contributed by atoms with E-state index in [-0.39, 0.29) is 41.6 Å². The number of urea groups is 1. The highest BCUT2D eigenvalue weighted by molar-refractivity contribution is 7.14. The normalized spacial score (nSPS) is 28.4. The van der Waals surface area contributed by atoms with Crippen LogP contribution in [0.3, 0.4) is 0 Å². The van der Waals surface area contributed by atoms with Crippen molar-refractivity contribution in [3.05, 3.63) is 17.5 Å². The Bertz CT molecular complexity index is 790. The van der Waals surface area contributed by atoms with Crippen molar-refractivity contribution >= 4 is 34.5 Å². The Hall–Kier alpha value is -2.38. The van der Waals surface area contributed by atoms with E-state index in [9.17, 15) is 14.4 Å². The fraction of sp³-hybridized carbons (Fsp3) is 0.650. The van der Waals surface area contributed by atoms with Crippen LogP contribution in [0.2, 0.25) is 0 Å². The minimum atomic E-state index is -0.389. The molecule has 1 aliphatic carbocycles. The van der Waals surface area contributed by atoms with Gasteiger partial charge in [-0.3, -0.25) is 4.90 Å². The third-order valence-electron chi connectivity index (χ3n) is 5.44. The predicted octanol–water partition coefficient (Wildman–Crippen LogP) is 3.29. The minimum absolute atomic E-state index is 0.0145. The van der Waals surface area contributed by atoms with Crippen LogP contribution in [-0.2, 0) is 9.53 Å². The van der Waals surface area contributed by atoms with Gasteiger partial charge in [-0.05, 0) is 47.6 Å². The van der Waals surface area contributed by atoms with Gasteiger partial charge in [0.15, 0.2) is 0 Å². The molecule has 1 saturated carbocycles. The second-order valence-corrected chi connectivity index (χ2v) is 10.0. The van der Waals surface area contributed by atoms with E-state index in [1.807, 2.05) is 17.5 Å². The van der Waals surface area contributed by atoms with Crippen LogP contribution in [0.25, 0.3) is 0 Å². The lowest BCUT2D eigenvalue weighted by molar-refractivity contribution is 0.0803. The van der Waals surface area contributed by atoms with Crippen molar-refractivity contribution in [3.8, 4) is 0 Å². The van der Waals surface area contributed by atoms with Gasteiger partial charge in [0.1, 0.15) is 11.1 Å². The van der Waals surface area contributed by atoms with Crippen LogP contribution in [0.15, 0.2) is 22.5 Å². The van der Waals surface area contributed by atoms with Gasteiger partial charge in [-0.15, -0.1) is 11.3 Å². The Labute approximate surface area is 174 Å². The molecule has 1 aliphatic heterocycles. The monoisotopic (exact) mass is 420 g/mol. The number of thiophene rings is 1. The molecule has 29 heavy (non-hydrogen) atoms. The molecule has 1 saturated heterocycles. The number of nitrogens with one attached hydrogen (secondary N) is 2. The first-order valence-corrected chi connectivity index (χ1v) is 10.7. The maximum atomic E-state index is 12.4. The molecule has 3 rings (SSSR count). The average molecular weight is 421 g/mol. The number of cyclic esters (lactones) is 1. The fourth-order valence-electron chi connectivity index (χ4n) is 4.75. The Morgan fingerprint density at radius 2 is 2.21 bits per heavy atom. The molecule has 2 aliphatic rings. The molecule has 2 fully saturated rings. The number of carbonyl (C=O) groups is 2. The van der Waals surface area contributed by atoms with Crippen LogP contribution in [-0.4, -0.2) is 50.0 Å². The molecule has 3 amide bonds. The van der Waals surface area contributed by atoms with Crippen molar-refractivity contribution in [3.63, 3.8) is 0 Å². The molecule has 3 atom stereocenters. The first-order valence-electron chi connectivity index (χ1n) is 9.79. The molecule has 8 nitrogen and oxygen atoms in total. The van der Waals surface area contributed by atoms with Gasteiger partial charge < -0.3 is 15.4 Å². The predicted molar refractivity (Wildman–Crippen MR) is 111 cm³/mol. The molecule has 2 heterocycles. The fourth-order valence-corrected chi connectivity index (χ4v) is 5.48. The Kier molecular flexibility index (Phi) is 6.29. The minimum Gasteiger partial charge on any atom is -0.442 e. The van der Waals surface area contributed by atoms with E-state index >= 15 is 0 Å². The number of hydrogen-bond acceptors (Lipinski definition) is 6. The third-order valence-corrected chi connectivity index (χ3v) is 6.33. The molecular weight excluding hydrogens is 392 g/mol. The van der Waals surface area contributed by atoms with E-state index in [4.69, 9.17) is 4.74 Å². The zero-order valence-electron chi connectivity index (χ0n) is 17.1. The van der Waals surface area contributed by atoms with Crippen LogP contribution in [0.5, 0.6) is 0 Å². The summed E-state index contributed by atoms with van der Waals surface area (Å²) in [6.45, 7) is 7.51. The van der Waals surface area contributed by atoms with Crippen molar-refractivity contribution in [1.82, 2.24) is 10.6 Å². The smallest absolute Gasteiger partial charge is 0.415 e. The Morgan fingerprint density at radius 3 is 2.90 bits per heavy atom. The summed E-state index contributed by atoms with van der Waals surface area (Å²) in [5.74, 6) is 0. The molecule has 158 valence electrons. The maximum Gasteiger partial charge on any atom is 0.415 e. The lowest BCUT2D eigenvalue weighted by Gasteiger charge is -2.46. The largest absolute Gasteiger partial charge is 0.442 e. The van der Waals surface area contributed by atoms with E-state index < -0.39 is 0 Å². The maximum absolute atomic E-state index is 12.4. The number of rotatable bonds is 6. The quantitative estimate of drug-likeness (QED) is 0.545. The van der Waals surface area contributed by atoms with Crippen LogP contribution < -0.4 is 15.5 Å². The molecule has 2 N–H and O–H groups in total. The molecular formula is C20H28N4O4S. The van der Waals surface area contributed by atoms with Crippen molar-refractivity contribution < 1.29 is 19.1 Å². The summed E-state index contributed by atoms with van der Waals surface area (Å²) in [4.78, 5) is 40.4. The number of amides is 3. The van der Waals surface area contributed by atoms with Crippen LogP contribution >= 0.6 is 11.3 Å². The van der Waals surface area contributed by atoms with Crippen LogP contribution in [0.4, 0.5) is 14.6 Å². The topological polar surface area (TPSA) is 100 Å². The van der Waals surface area contributed by atoms with Gasteiger partial charge in [-0.25, -0.2) is 19.4 Å². The molecule has 1 aromatic rings. The number of isocyanates is 1. The zero-order chi connectivity index (χ0) is 21.1. The summed E-state index contributed by atoms with van der Waals surface area (Å²) in [6.07, 6.45) is 3.38. The summed E-state index contributed by atoms with van der Waals surface area (Å²) in [5.41, 5.74) is -0.120. The van der Waals surface area contributed by atoms with Crippen LogP contribution in [0.1, 0.15) is 40.0 Å². The molecule has 0 bridgehead atoms. The highest BCUT2D eigenvalue weighted by atomic mass is 32.1. The van der Waals surface area contributed by atoms with Gasteiger partial charge in [0, 0.05) is 6.04 Å². The average Bonchev–Trinajstić information content (AvgIpc) is 3.26. The highest BCUT2D eigenvalue weighted by Gasteiger charge is 2.42. The van der Waals surface area contributed by atoms with Crippen molar-refractivity contribution in [2.45, 2.75) is 52.2 Å². The van der Waals surface area contributed by atoms with E-state index in [2.05, 4.69) is 36.4 Å². The second kappa shape index (κ2) is 8.55. The van der Waals surface area contributed by atoms with Crippen molar-refractivity contribution in [2.75, 3.05) is 24.5 Å². The summed E-state index contributed by atoms with van der Waals surface area (Å²) in [5, 5.41) is 8.60. The number of nitrogens with zero attached hydrogens (tertiary/aromatic N) is 2. The number of ether oxygens (including phenoxy) is 1. The Balaban J connectivity index is 1.50. The SMILES string of the molecule is CC1(C)CC(NC(=O)NCC2CN(c3cccs3)C(=O)O2)CC(C)(CN=C=O)C1. The van der Waals surface area contributed by atoms with Gasteiger partial charge in [-0.2, -0.15) is 0 Å². The van der Waals surface area contributed by atoms with E-state index in [0.29, 0.717) is 13.1 Å². The van der Waals surface area contributed by atoms with Crippen molar-refractivity contribution in [1.29, 1.82) is 0 Å². The first kappa shape index (κ1) is 21.3. The van der Waals surface area contributed by atoms with E-state index in [1.54, 1.807) is 11.0 Å². The zero-order valence-corrected chi connectivity index (χ0v) is 17.9. The molecule has 0 aromatic carbocycles. The number of anilines is 1. The summed E-state index contributed by atoms with van der Waals surface area (Å²) in [7, 11) is 0. The molecule has 9 heteroatoms. The second-order valence-electron chi connectivity index (χ2n) is 9.09. The molecule has 0 radical (unpaired) electrons. The number of carbonyl (C=O) groups excluding carboxylic acids is 3. The van der Waals surface area contributed by atoms with Crippen molar-refractivity contribution in [2.24, 2.45) is 15.8 Å². The number of aliphatic imine (C=N–C) groups is 1. The summed E-state index contributed by atoms with van der Waals surface area (Å²) < 4.78 is 5.35. The lowest BCUT2D eigenvalue weighted by Crippen LogP contribution is -2.51. The van der Waals surface area contributed by atoms with E-state index in [0.717, 1.165) is 24.3 Å². The van der Waals surface area contributed by atoms with Gasteiger partial charge in [-0.1, -0.05) is 20.8 Å². The van der Waals surface area contributed by atoms with Gasteiger partial charge in [0.25, 0.3) is 0 Å². The number of hydrogen-bond donors (Lipinski definition) is 2. The van der Waals surface area contributed by atoms with Gasteiger partial charge in [0.2, 0.25) is 6.08 Å². The summed E-state index contributed by atoms with van der Waals surface area (Å²) in [6, 6.07) is 3.45. The van der Waals surface area contributed by atoms with Gasteiger partial charge >= 0.3 is 12.1 Å². The molecule has 0 spiro atoms.